The number of sulfonamides is 1. The van der Waals surface area contributed by atoms with Gasteiger partial charge in [-0.2, -0.15) is 0 Å². The maximum atomic E-state index is 12.5. The molecule has 0 radical (unpaired) electrons. The number of amides is 1. The number of carbonyl (C=O) groups is 1. The van der Waals surface area contributed by atoms with Gasteiger partial charge in [0.15, 0.2) is 0 Å². The summed E-state index contributed by atoms with van der Waals surface area (Å²) in [6, 6.07) is 18.3. The molecule has 3 aromatic rings. The van der Waals surface area contributed by atoms with Gasteiger partial charge in [0.1, 0.15) is 6.61 Å². The standard InChI is InChI=1S/C23H25N3O4S/c1-17-8-9-18(2)21(14-17)31(28,29)25-13-12-22(27)26-20-10-11-23(24-15-20)30-16-19-6-4-3-5-7-19/h3-11,14-15,25H,12-13,16H2,1-2H3,(H,26,27). The monoisotopic (exact) mass is 439 g/mol. The molecule has 7 nitrogen and oxygen atoms in total. The average Bonchev–Trinajstić information content (AvgIpc) is 2.75. The molecule has 0 unspecified atom stereocenters. The van der Waals surface area contributed by atoms with Crippen molar-refractivity contribution in [2.45, 2.75) is 31.8 Å². The Morgan fingerprint density at radius 2 is 1.81 bits per heavy atom. The Morgan fingerprint density at radius 3 is 2.52 bits per heavy atom. The van der Waals surface area contributed by atoms with Gasteiger partial charge in [-0.15, -0.1) is 0 Å². The largest absolute Gasteiger partial charge is 0.473 e. The Labute approximate surface area is 182 Å². The molecule has 2 aromatic carbocycles. The molecule has 31 heavy (non-hydrogen) atoms. The van der Waals surface area contributed by atoms with E-state index in [9.17, 15) is 13.2 Å². The Hall–Kier alpha value is -3.23. The number of nitrogens with zero attached hydrogens (tertiary/aromatic N) is 1. The van der Waals surface area contributed by atoms with Gasteiger partial charge in [-0.1, -0.05) is 42.5 Å². The molecule has 0 spiro atoms. The molecule has 0 aliphatic rings. The smallest absolute Gasteiger partial charge is 0.240 e. The van der Waals surface area contributed by atoms with Gasteiger partial charge in [0.05, 0.1) is 16.8 Å². The Kier molecular flexibility index (Phi) is 7.38. The van der Waals surface area contributed by atoms with Gasteiger partial charge < -0.3 is 10.1 Å². The third-order valence-electron chi connectivity index (χ3n) is 4.53. The molecule has 0 aliphatic heterocycles. The second-order valence-corrected chi connectivity index (χ2v) is 8.86. The Bertz CT molecular complexity index is 1130. The lowest BCUT2D eigenvalue weighted by Gasteiger charge is -2.10. The molecule has 3 rings (SSSR count). The van der Waals surface area contributed by atoms with Crippen LogP contribution in [-0.4, -0.2) is 25.9 Å². The van der Waals surface area contributed by atoms with Gasteiger partial charge in [-0.3, -0.25) is 4.79 Å². The quantitative estimate of drug-likeness (QED) is 0.531. The van der Waals surface area contributed by atoms with Crippen LogP contribution in [0.4, 0.5) is 5.69 Å². The van der Waals surface area contributed by atoms with Crippen molar-refractivity contribution >= 4 is 21.6 Å². The van der Waals surface area contributed by atoms with Crippen molar-refractivity contribution in [2.24, 2.45) is 0 Å². The zero-order valence-electron chi connectivity index (χ0n) is 17.5. The molecule has 8 heteroatoms. The predicted octanol–water partition coefficient (Wildman–Crippen LogP) is 3.58. The average molecular weight is 440 g/mol. The molecule has 0 aliphatic carbocycles. The number of aryl methyl sites for hydroxylation is 2. The number of ether oxygens (including phenoxy) is 1. The zero-order valence-corrected chi connectivity index (χ0v) is 18.3. The van der Waals surface area contributed by atoms with Crippen molar-refractivity contribution < 1.29 is 17.9 Å². The highest BCUT2D eigenvalue weighted by atomic mass is 32.2. The predicted molar refractivity (Wildman–Crippen MR) is 119 cm³/mol. The van der Waals surface area contributed by atoms with Crippen LogP contribution in [-0.2, 0) is 21.4 Å². The minimum absolute atomic E-state index is 0.00362. The van der Waals surface area contributed by atoms with Gasteiger partial charge >= 0.3 is 0 Å². The minimum atomic E-state index is -3.68. The first-order chi connectivity index (χ1) is 14.8. The second kappa shape index (κ2) is 10.2. The molecule has 1 amide bonds. The van der Waals surface area contributed by atoms with Gasteiger partial charge in [-0.25, -0.2) is 18.1 Å². The van der Waals surface area contributed by atoms with Crippen LogP contribution in [0.3, 0.4) is 0 Å². The van der Waals surface area contributed by atoms with Crippen molar-refractivity contribution in [3.8, 4) is 5.88 Å². The van der Waals surface area contributed by atoms with E-state index >= 15 is 0 Å². The Morgan fingerprint density at radius 1 is 1.03 bits per heavy atom. The van der Waals surface area contributed by atoms with Crippen molar-refractivity contribution in [1.82, 2.24) is 9.71 Å². The highest BCUT2D eigenvalue weighted by molar-refractivity contribution is 7.89. The number of anilines is 1. The maximum Gasteiger partial charge on any atom is 0.240 e. The first-order valence-corrected chi connectivity index (χ1v) is 11.3. The van der Waals surface area contributed by atoms with Crippen molar-refractivity contribution in [3.63, 3.8) is 0 Å². The number of hydrogen-bond acceptors (Lipinski definition) is 5. The summed E-state index contributed by atoms with van der Waals surface area (Å²) in [5.41, 5.74) is 3.05. The van der Waals surface area contributed by atoms with Crippen molar-refractivity contribution in [3.05, 3.63) is 83.6 Å². The summed E-state index contributed by atoms with van der Waals surface area (Å²) in [5, 5.41) is 2.70. The lowest BCUT2D eigenvalue weighted by Crippen LogP contribution is -2.28. The van der Waals surface area contributed by atoms with Gasteiger partial charge in [0.2, 0.25) is 21.8 Å². The van der Waals surface area contributed by atoms with Crippen LogP contribution in [0.5, 0.6) is 5.88 Å². The second-order valence-electron chi connectivity index (χ2n) is 7.12. The molecule has 0 bridgehead atoms. The highest BCUT2D eigenvalue weighted by Crippen LogP contribution is 2.17. The van der Waals surface area contributed by atoms with Gasteiger partial charge in [-0.05, 0) is 42.7 Å². The fourth-order valence-electron chi connectivity index (χ4n) is 2.87. The van der Waals surface area contributed by atoms with Gasteiger partial charge in [0.25, 0.3) is 0 Å². The fourth-order valence-corrected chi connectivity index (χ4v) is 4.23. The molecule has 2 N–H and O–H groups in total. The molecular formula is C23H25N3O4S. The SMILES string of the molecule is Cc1ccc(C)c(S(=O)(=O)NCCC(=O)Nc2ccc(OCc3ccccc3)nc2)c1. The molecule has 1 heterocycles. The van der Waals surface area contributed by atoms with Crippen LogP contribution in [0, 0.1) is 13.8 Å². The highest BCUT2D eigenvalue weighted by Gasteiger charge is 2.17. The van der Waals surface area contributed by atoms with E-state index in [2.05, 4.69) is 15.0 Å². The summed E-state index contributed by atoms with van der Waals surface area (Å²) < 4.78 is 33.1. The van der Waals surface area contributed by atoms with Crippen LogP contribution >= 0.6 is 0 Å². The molecule has 1 aromatic heterocycles. The first-order valence-electron chi connectivity index (χ1n) is 9.83. The number of pyridine rings is 1. The van der Waals surface area contributed by atoms with Gasteiger partial charge in [0, 0.05) is 19.0 Å². The lowest BCUT2D eigenvalue weighted by molar-refractivity contribution is -0.116. The summed E-state index contributed by atoms with van der Waals surface area (Å²) >= 11 is 0. The Balaban J connectivity index is 1.46. The topological polar surface area (TPSA) is 97.4 Å². The molecular weight excluding hydrogens is 414 g/mol. The van der Waals surface area contributed by atoms with E-state index in [1.54, 1.807) is 31.2 Å². The molecule has 0 saturated carbocycles. The number of nitrogens with one attached hydrogen (secondary N) is 2. The van der Waals surface area contributed by atoms with Crippen LogP contribution in [0.1, 0.15) is 23.1 Å². The van der Waals surface area contributed by atoms with Crippen LogP contribution < -0.4 is 14.8 Å². The lowest BCUT2D eigenvalue weighted by atomic mass is 10.2. The summed E-state index contributed by atoms with van der Waals surface area (Å²) in [4.78, 5) is 16.5. The summed E-state index contributed by atoms with van der Waals surface area (Å²) in [5.74, 6) is 0.131. The zero-order chi connectivity index (χ0) is 22.3. The van der Waals surface area contributed by atoms with E-state index in [4.69, 9.17) is 4.74 Å². The van der Waals surface area contributed by atoms with E-state index in [-0.39, 0.29) is 23.8 Å². The number of carbonyl (C=O) groups excluding carboxylic acids is 1. The van der Waals surface area contributed by atoms with E-state index < -0.39 is 10.0 Å². The molecule has 162 valence electrons. The van der Waals surface area contributed by atoms with E-state index in [1.807, 2.05) is 43.3 Å². The first kappa shape index (κ1) is 22.5. The van der Waals surface area contributed by atoms with Crippen LogP contribution in [0.15, 0.2) is 71.8 Å². The number of hydrogen-bond donors (Lipinski definition) is 2. The van der Waals surface area contributed by atoms with E-state index in [1.165, 1.54) is 6.20 Å². The molecule has 0 atom stereocenters. The normalized spacial score (nSPS) is 11.2. The molecule has 0 fully saturated rings. The van der Waals surface area contributed by atoms with Crippen LogP contribution in [0.25, 0.3) is 0 Å². The number of aromatic nitrogens is 1. The number of rotatable bonds is 9. The summed E-state index contributed by atoms with van der Waals surface area (Å²) in [6.45, 7) is 3.96. The maximum absolute atomic E-state index is 12.5. The van der Waals surface area contributed by atoms with E-state index in [0.29, 0.717) is 23.7 Å². The molecule has 0 saturated heterocycles. The van der Waals surface area contributed by atoms with Crippen molar-refractivity contribution in [2.75, 3.05) is 11.9 Å². The summed E-state index contributed by atoms with van der Waals surface area (Å²) in [7, 11) is -3.68. The third-order valence-corrected chi connectivity index (χ3v) is 6.13. The minimum Gasteiger partial charge on any atom is -0.473 e. The third kappa shape index (κ3) is 6.63. The summed E-state index contributed by atoms with van der Waals surface area (Å²) in [6.07, 6.45) is 1.49. The number of benzene rings is 2. The van der Waals surface area contributed by atoms with E-state index in [0.717, 1.165) is 11.1 Å². The fraction of sp³-hybridized carbons (Fsp3) is 0.217. The van der Waals surface area contributed by atoms with Crippen LogP contribution in [0.2, 0.25) is 0 Å². The van der Waals surface area contributed by atoms with Crippen molar-refractivity contribution in [1.29, 1.82) is 0 Å².